The molecule has 96 valence electrons. The van der Waals surface area contributed by atoms with Gasteiger partial charge in [-0.2, -0.15) is 0 Å². The van der Waals surface area contributed by atoms with E-state index in [1.165, 1.54) is 5.56 Å². The molecule has 0 atom stereocenters. The van der Waals surface area contributed by atoms with Crippen LogP contribution in [0.25, 0.3) is 22.4 Å². The van der Waals surface area contributed by atoms with E-state index in [0.29, 0.717) is 0 Å². The molecule has 19 heavy (non-hydrogen) atoms. The van der Waals surface area contributed by atoms with Crippen molar-refractivity contribution in [2.45, 2.75) is 6.92 Å². The lowest BCUT2D eigenvalue weighted by molar-refractivity contribution is 0.415. The molecule has 4 heteroatoms. The summed E-state index contributed by atoms with van der Waals surface area (Å²) in [6.07, 6.45) is 0. The van der Waals surface area contributed by atoms with Crippen LogP contribution in [0, 0.1) is 6.92 Å². The van der Waals surface area contributed by atoms with Crippen molar-refractivity contribution in [2.75, 3.05) is 7.11 Å². The van der Waals surface area contributed by atoms with Gasteiger partial charge in [0.15, 0.2) is 0 Å². The molecule has 0 saturated heterocycles. The Labute approximate surface area is 119 Å². The van der Waals surface area contributed by atoms with Gasteiger partial charge in [-0.15, -0.1) is 0 Å². The molecule has 2 aromatic carbocycles. The second-order valence-electron chi connectivity index (χ2n) is 4.46. The van der Waals surface area contributed by atoms with E-state index >= 15 is 0 Å². The number of hydrogen-bond donors (Lipinski definition) is 1. The third kappa shape index (κ3) is 2.24. The van der Waals surface area contributed by atoms with E-state index in [-0.39, 0.29) is 0 Å². The van der Waals surface area contributed by atoms with Crippen molar-refractivity contribution in [3.8, 4) is 17.1 Å². The zero-order valence-electron chi connectivity index (χ0n) is 10.7. The summed E-state index contributed by atoms with van der Waals surface area (Å²) in [5, 5.41) is 0. The molecule has 0 aliphatic rings. The molecule has 3 rings (SSSR count). The van der Waals surface area contributed by atoms with E-state index in [1.807, 2.05) is 24.3 Å². The van der Waals surface area contributed by atoms with E-state index in [0.717, 1.165) is 32.6 Å². The number of benzene rings is 2. The lowest BCUT2D eigenvalue weighted by atomic mass is 10.2. The summed E-state index contributed by atoms with van der Waals surface area (Å²) < 4.78 is 6.25. The topological polar surface area (TPSA) is 37.9 Å². The number of imidazole rings is 1. The molecule has 0 saturated carbocycles. The highest BCUT2D eigenvalue weighted by Gasteiger charge is 2.09. The highest BCUT2D eigenvalue weighted by Crippen LogP contribution is 2.28. The molecule has 0 unspecified atom stereocenters. The summed E-state index contributed by atoms with van der Waals surface area (Å²) in [6.45, 7) is 2.07. The van der Waals surface area contributed by atoms with Crippen molar-refractivity contribution in [3.63, 3.8) is 0 Å². The minimum absolute atomic E-state index is 0.827. The van der Waals surface area contributed by atoms with Gasteiger partial charge in [0.05, 0.1) is 12.6 Å². The van der Waals surface area contributed by atoms with E-state index in [4.69, 9.17) is 4.74 Å². The van der Waals surface area contributed by atoms with Crippen molar-refractivity contribution in [1.82, 2.24) is 9.97 Å². The van der Waals surface area contributed by atoms with Gasteiger partial charge in [0.1, 0.15) is 17.1 Å². The Bertz CT molecular complexity index is 749. The van der Waals surface area contributed by atoms with Crippen LogP contribution >= 0.6 is 15.9 Å². The zero-order chi connectivity index (χ0) is 13.4. The molecule has 0 amide bonds. The first-order valence-corrected chi connectivity index (χ1v) is 6.77. The number of nitrogens with one attached hydrogen (secondary N) is 1. The minimum atomic E-state index is 0.827. The number of halogens is 1. The number of H-pyrrole nitrogens is 1. The van der Waals surface area contributed by atoms with Gasteiger partial charge in [0.25, 0.3) is 0 Å². The Morgan fingerprint density at radius 3 is 2.84 bits per heavy atom. The van der Waals surface area contributed by atoms with E-state index in [1.54, 1.807) is 7.11 Å². The summed E-state index contributed by atoms with van der Waals surface area (Å²) in [5.41, 5.74) is 4.19. The summed E-state index contributed by atoms with van der Waals surface area (Å²) in [5.74, 6) is 1.67. The van der Waals surface area contributed by atoms with Crippen molar-refractivity contribution in [1.29, 1.82) is 0 Å². The minimum Gasteiger partial charge on any atom is -0.497 e. The van der Waals surface area contributed by atoms with Crippen molar-refractivity contribution in [2.24, 2.45) is 0 Å². The average Bonchev–Trinajstić information content (AvgIpc) is 2.83. The van der Waals surface area contributed by atoms with Crippen molar-refractivity contribution >= 4 is 27.0 Å². The van der Waals surface area contributed by atoms with Crippen LogP contribution in [0.4, 0.5) is 0 Å². The summed E-state index contributed by atoms with van der Waals surface area (Å²) in [6, 6.07) is 12.0. The van der Waals surface area contributed by atoms with Crippen LogP contribution in [0.3, 0.4) is 0 Å². The maximum Gasteiger partial charge on any atom is 0.138 e. The first-order chi connectivity index (χ1) is 9.17. The van der Waals surface area contributed by atoms with Gasteiger partial charge in [0, 0.05) is 10.0 Å². The van der Waals surface area contributed by atoms with Crippen LogP contribution in [0.15, 0.2) is 40.9 Å². The zero-order valence-corrected chi connectivity index (χ0v) is 12.3. The Kier molecular flexibility index (Phi) is 3.03. The molecular formula is C15H13BrN2O. The molecule has 1 heterocycles. The van der Waals surface area contributed by atoms with Gasteiger partial charge in [-0.05, 0) is 52.7 Å². The van der Waals surface area contributed by atoms with E-state index in [9.17, 15) is 0 Å². The number of aryl methyl sites for hydroxylation is 1. The Morgan fingerprint density at radius 1 is 1.21 bits per heavy atom. The quantitative estimate of drug-likeness (QED) is 0.765. The molecule has 0 aliphatic carbocycles. The van der Waals surface area contributed by atoms with Crippen LogP contribution in [0.2, 0.25) is 0 Å². The number of rotatable bonds is 2. The number of fused-ring (bicyclic) bond motifs is 1. The third-order valence-corrected chi connectivity index (χ3v) is 3.63. The SMILES string of the molecule is COc1cccc(-c2nc3c(Br)cc(C)cc3[nH]2)c1. The maximum absolute atomic E-state index is 5.24. The molecule has 0 fully saturated rings. The number of aromatic nitrogens is 2. The Hall–Kier alpha value is -1.81. The summed E-state index contributed by atoms with van der Waals surface area (Å²) in [4.78, 5) is 7.99. The second-order valence-corrected chi connectivity index (χ2v) is 5.31. The molecule has 1 N–H and O–H groups in total. The molecule has 3 aromatic rings. The van der Waals surface area contributed by atoms with Gasteiger partial charge in [-0.1, -0.05) is 12.1 Å². The molecule has 1 aromatic heterocycles. The van der Waals surface area contributed by atoms with Crippen molar-refractivity contribution < 1.29 is 4.74 Å². The standard InChI is InChI=1S/C15H13BrN2O/c1-9-6-12(16)14-13(7-9)17-15(18-14)10-4-3-5-11(8-10)19-2/h3-8H,1-2H3,(H,17,18). The van der Waals surface area contributed by atoms with Gasteiger partial charge < -0.3 is 9.72 Å². The Morgan fingerprint density at radius 2 is 2.05 bits per heavy atom. The number of aromatic amines is 1. The van der Waals surface area contributed by atoms with Crippen LogP contribution in [0.5, 0.6) is 5.75 Å². The van der Waals surface area contributed by atoms with Gasteiger partial charge in [0.2, 0.25) is 0 Å². The highest BCUT2D eigenvalue weighted by atomic mass is 79.9. The molecule has 0 aliphatic heterocycles. The normalized spacial score (nSPS) is 10.9. The van der Waals surface area contributed by atoms with E-state index < -0.39 is 0 Å². The molecular weight excluding hydrogens is 304 g/mol. The van der Waals surface area contributed by atoms with Crippen LogP contribution < -0.4 is 4.74 Å². The number of ether oxygens (including phenoxy) is 1. The largest absolute Gasteiger partial charge is 0.497 e. The molecule has 0 spiro atoms. The number of hydrogen-bond acceptors (Lipinski definition) is 2. The van der Waals surface area contributed by atoms with Crippen molar-refractivity contribution in [3.05, 3.63) is 46.4 Å². The molecule has 0 radical (unpaired) electrons. The highest BCUT2D eigenvalue weighted by molar-refractivity contribution is 9.10. The van der Waals surface area contributed by atoms with E-state index in [2.05, 4.69) is 45.0 Å². The van der Waals surface area contributed by atoms with Gasteiger partial charge >= 0.3 is 0 Å². The van der Waals surface area contributed by atoms with Crippen LogP contribution in [-0.2, 0) is 0 Å². The number of methoxy groups -OCH3 is 1. The first kappa shape index (κ1) is 12.2. The fourth-order valence-electron chi connectivity index (χ4n) is 2.12. The average molecular weight is 317 g/mol. The predicted octanol–water partition coefficient (Wildman–Crippen LogP) is 4.31. The Balaban J connectivity index is 2.17. The summed E-state index contributed by atoms with van der Waals surface area (Å²) in [7, 11) is 1.66. The maximum atomic E-state index is 5.24. The van der Waals surface area contributed by atoms with Crippen LogP contribution in [-0.4, -0.2) is 17.1 Å². The fraction of sp³-hybridized carbons (Fsp3) is 0.133. The second kappa shape index (κ2) is 4.70. The lowest BCUT2D eigenvalue weighted by Gasteiger charge is -2.01. The molecule has 0 bridgehead atoms. The van der Waals surface area contributed by atoms with Crippen LogP contribution in [0.1, 0.15) is 5.56 Å². The molecule has 3 nitrogen and oxygen atoms in total. The first-order valence-electron chi connectivity index (χ1n) is 5.97. The number of nitrogens with zero attached hydrogens (tertiary/aromatic N) is 1. The summed E-state index contributed by atoms with van der Waals surface area (Å²) >= 11 is 3.55. The van der Waals surface area contributed by atoms with Gasteiger partial charge in [-0.25, -0.2) is 4.98 Å². The monoisotopic (exact) mass is 316 g/mol. The van der Waals surface area contributed by atoms with Gasteiger partial charge in [-0.3, -0.25) is 0 Å². The smallest absolute Gasteiger partial charge is 0.138 e. The predicted molar refractivity (Wildman–Crippen MR) is 80.5 cm³/mol. The lowest BCUT2D eigenvalue weighted by Crippen LogP contribution is -1.84. The third-order valence-electron chi connectivity index (χ3n) is 3.03. The fourth-order valence-corrected chi connectivity index (χ4v) is 2.78.